The van der Waals surface area contributed by atoms with Crippen LogP contribution in [0.25, 0.3) is 0 Å². The largest absolute Gasteiger partial charge is 0.496 e. The summed E-state index contributed by atoms with van der Waals surface area (Å²) < 4.78 is 5.08. The average molecular weight is 223 g/mol. The Morgan fingerprint density at radius 3 is 2.38 bits per heavy atom. The lowest BCUT2D eigenvalue weighted by atomic mass is 10.1. The van der Waals surface area contributed by atoms with Crippen molar-refractivity contribution in [1.82, 2.24) is 0 Å². The summed E-state index contributed by atoms with van der Waals surface area (Å²) >= 11 is 0. The molecule has 0 bridgehead atoms. The van der Waals surface area contributed by atoms with E-state index in [2.05, 4.69) is 5.32 Å². The fourth-order valence-electron chi connectivity index (χ4n) is 1.36. The second-order valence-corrected chi connectivity index (χ2v) is 3.40. The summed E-state index contributed by atoms with van der Waals surface area (Å²) in [6.07, 6.45) is 0. The zero-order chi connectivity index (χ0) is 12.3. The van der Waals surface area contributed by atoms with Crippen molar-refractivity contribution in [2.24, 2.45) is 0 Å². The highest BCUT2D eigenvalue weighted by molar-refractivity contribution is 6.36. The molecule has 0 heterocycles. The number of hydrogen-bond acceptors (Lipinski definition) is 3. The van der Waals surface area contributed by atoms with E-state index in [1.165, 1.54) is 7.11 Å². The summed E-state index contributed by atoms with van der Waals surface area (Å²) in [7, 11) is 1.51. The third-order valence-electron chi connectivity index (χ3n) is 2.18. The minimum atomic E-state index is -1.51. The van der Waals surface area contributed by atoms with Crippen molar-refractivity contribution < 1.29 is 19.4 Å². The fraction of sp³-hybridized carbons (Fsp3) is 0.273. The lowest BCUT2D eigenvalue weighted by Gasteiger charge is -2.11. The van der Waals surface area contributed by atoms with Crippen LogP contribution in [0.2, 0.25) is 0 Å². The van der Waals surface area contributed by atoms with E-state index in [1.54, 1.807) is 13.0 Å². The molecule has 0 aliphatic heterocycles. The van der Waals surface area contributed by atoms with Gasteiger partial charge in [0.2, 0.25) is 0 Å². The minimum Gasteiger partial charge on any atom is -0.496 e. The summed E-state index contributed by atoms with van der Waals surface area (Å²) in [5.41, 5.74) is 2.15. The maximum absolute atomic E-state index is 11.0. The van der Waals surface area contributed by atoms with Crippen molar-refractivity contribution in [3.8, 4) is 5.75 Å². The van der Waals surface area contributed by atoms with Crippen LogP contribution in [0.1, 0.15) is 11.1 Å². The number of rotatable bonds is 2. The Kier molecular flexibility index (Phi) is 3.50. The SMILES string of the molecule is COc1cc(NC(=O)C(=O)O)c(C)cc1C. The van der Waals surface area contributed by atoms with Crippen molar-refractivity contribution in [2.45, 2.75) is 13.8 Å². The van der Waals surface area contributed by atoms with E-state index in [0.717, 1.165) is 11.1 Å². The van der Waals surface area contributed by atoms with Gasteiger partial charge in [0.1, 0.15) is 5.75 Å². The fourth-order valence-corrected chi connectivity index (χ4v) is 1.36. The molecule has 0 radical (unpaired) electrons. The van der Waals surface area contributed by atoms with Crippen molar-refractivity contribution in [2.75, 3.05) is 12.4 Å². The quantitative estimate of drug-likeness (QED) is 0.742. The van der Waals surface area contributed by atoms with Gasteiger partial charge in [-0.1, -0.05) is 6.07 Å². The van der Waals surface area contributed by atoms with Crippen LogP contribution in [-0.2, 0) is 9.59 Å². The van der Waals surface area contributed by atoms with Gasteiger partial charge in [-0.3, -0.25) is 4.79 Å². The van der Waals surface area contributed by atoms with Crippen LogP contribution in [0.3, 0.4) is 0 Å². The highest BCUT2D eigenvalue weighted by Gasteiger charge is 2.13. The summed E-state index contributed by atoms with van der Waals surface area (Å²) in [5, 5.41) is 10.8. The third-order valence-corrected chi connectivity index (χ3v) is 2.18. The Morgan fingerprint density at radius 1 is 1.25 bits per heavy atom. The first-order chi connectivity index (χ1) is 7.45. The molecule has 5 nitrogen and oxygen atoms in total. The first kappa shape index (κ1) is 12.0. The van der Waals surface area contributed by atoms with E-state index in [9.17, 15) is 9.59 Å². The summed E-state index contributed by atoms with van der Waals surface area (Å²) in [6, 6.07) is 3.42. The predicted octanol–water partition coefficient (Wildman–Crippen LogP) is 1.34. The van der Waals surface area contributed by atoms with E-state index >= 15 is 0 Å². The number of carbonyl (C=O) groups is 2. The molecule has 2 N–H and O–H groups in total. The molecule has 1 amide bonds. The van der Waals surface area contributed by atoms with Gasteiger partial charge in [0.25, 0.3) is 0 Å². The third kappa shape index (κ3) is 2.50. The van der Waals surface area contributed by atoms with Crippen LogP contribution in [-0.4, -0.2) is 24.1 Å². The first-order valence-corrected chi connectivity index (χ1v) is 4.65. The van der Waals surface area contributed by atoms with Crippen LogP contribution in [0.4, 0.5) is 5.69 Å². The van der Waals surface area contributed by atoms with Gasteiger partial charge in [-0.15, -0.1) is 0 Å². The molecule has 16 heavy (non-hydrogen) atoms. The van der Waals surface area contributed by atoms with Crippen molar-refractivity contribution >= 4 is 17.6 Å². The highest BCUT2D eigenvalue weighted by atomic mass is 16.5. The number of carboxylic acid groups (broad SMARTS) is 1. The van der Waals surface area contributed by atoms with Crippen molar-refractivity contribution in [1.29, 1.82) is 0 Å². The molecule has 0 spiro atoms. The molecule has 0 saturated heterocycles. The number of methoxy groups -OCH3 is 1. The predicted molar refractivity (Wildman–Crippen MR) is 58.7 cm³/mol. The number of benzene rings is 1. The van der Waals surface area contributed by atoms with Crippen molar-refractivity contribution in [3.63, 3.8) is 0 Å². The summed E-state index contributed by atoms with van der Waals surface area (Å²) in [5.74, 6) is -1.97. The van der Waals surface area contributed by atoms with E-state index in [4.69, 9.17) is 9.84 Å². The molecule has 5 heteroatoms. The summed E-state index contributed by atoms with van der Waals surface area (Å²) in [6.45, 7) is 3.65. The molecule has 0 fully saturated rings. The molecule has 86 valence electrons. The second-order valence-electron chi connectivity index (χ2n) is 3.40. The van der Waals surface area contributed by atoms with Crippen LogP contribution in [0, 0.1) is 13.8 Å². The van der Waals surface area contributed by atoms with E-state index in [-0.39, 0.29) is 0 Å². The Bertz CT molecular complexity index is 440. The molecule has 0 aliphatic carbocycles. The molecule has 0 aliphatic rings. The smallest absolute Gasteiger partial charge is 0.394 e. The monoisotopic (exact) mass is 223 g/mol. The van der Waals surface area contributed by atoms with Crippen LogP contribution in [0.15, 0.2) is 12.1 Å². The maximum Gasteiger partial charge on any atom is 0.394 e. The van der Waals surface area contributed by atoms with E-state index < -0.39 is 11.9 Å². The molecule has 1 aromatic rings. The van der Waals surface area contributed by atoms with Gasteiger partial charge >= 0.3 is 11.9 Å². The molecule has 0 aromatic heterocycles. The lowest BCUT2D eigenvalue weighted by molar-refractivity contribution is -0.147. The highest BCUT2D eigenvalue weighted by Crippen LogP contribution is 2.26. The minimum absolute atomic E-state index is 0.440. The maximum atomic E-state index is 11.0. The Labute approximate surface area is 93.0 Å². The van der Waals surface area contributed by atoms with Gasteiger partial charge in [0.15, 0.2) is 0 Å². The topological polar surface area (TPSA) is 75.6 Å². The molecule has 1 rings (SSSR count). The number of amides is 1. The molecular weight excluding hydrogens is 210 g/mol. The Hall–Kier alpha value is -2.04. The van der Waals surface area contributed by atoms with E-state index in [1.807, 2.05) is 13.0 Å². The first-order valence-electron chi connectivity index (χ1n) is 4.65. The number of hydrogen-bond donors (Lipinski definition) is 2. The second kappa shape index (κ2) is 4.65. The number of nitrogens with one attached hydrogen (secondary N) is 1. The number of carboxylic acids is 1. The van der Waals surface area contributed by atoms with Gasteiger partial charge in [0, 0.05) is 11.8 Å². The van der Waals surface area contributed by atoms with Gasteiger partial charge in [-0.05, 0) is 25.0 Å². The number of ether oxygens (including phenoxy) is 1. The van der Waals surface area contributed by atoms with Crippen molar-refractivity contribution in [3.05, 3.63) is 23.3 Å². The molecule has 0 unspecified atom stereocenters. The van der Waals surface area contributed by atoms with Gasteiger partial charge < -0.3 is 15.2 Å². The van der Waals surface area contributed by atoms with Gasteiger partial charge in [0.05, 0.1) is 7.11 Å². The molecule has 0 atom stereocenters. The van der Waals surface area contributed by atoms with Crippen LogP contribution < -0.4 is 10.1 Å². The summed E-state index contributed by atoms with van der Waals surface area (Å²) in [4.78, 5) is 21.4. The number of aliphatic carboxylic acids is 1. The zero-order valence-corrected chi connectivity index (χ0v) is 9.33. The van der Waals surface area contributed by atoms with Crippen LogP contribution >= 0.6 is 0 Å². The molecule has 0 saturated carbocycles. The van der Waals surface area contributed by atoms with E-state index in [0.29, 0.717) is 11.4 Å². The standard InChI is InChI=1S/C11H13NO4/c1-6-4-7(2)9(16-3)5-8(6)12-10(13)11(14)15/h4-5H,1-3H3,(H,12,13)(H,14,15). The lowest BCUT2D eigenvalue weighted by Crippen LogP contribution is -2.22. The van der Waals surface area contributed by atoms with Gasteiger partial charge in [-0.25, -0.2) is 4.79 Å². The molecular formula is C11H13NO4. The Morgan fingerprint density at radius 2 is 1.88 bits per heavy atom. The molecule has 1 aromatic carbocycles. The average Bonchev–Trinajstić information content (AvgIpc) is 2.21. The number of aryl methyl sites for hydroxylation is 2. The Balaban J connectivity index is 3.05. The zero-order valence-electron chi connectivity index (χ0n) is 9.33. The number of anilines is 1. The normalized spacial score (nSPS) is 9.69. The number of carbonyl (C=O) groups excluding carboxylic acids is 1. The van der Waals surface area contributed by atoms with Gasteiger partial charge in [-0.2, -0.15) is 0 Å². The van der Waals surface area contributed by atoms with Crippen LogP contribution in [0.5, 0.6) is 5.75 Å².